The van der Waals surface area contributed by atoms with Crippen molar-refractivity contribution in [3.8, 4) is 11.5 Å². The van der Waals surface area contributed by atoms with E-state index in [1.807, 2.05) is 66.7 Å². The number of para-hydroxylation sites is 1. The minimum absolute atomic E-state index is 0.292. The second kappa shape index (κ2) is 9.13. The molecular weight excluding hydrogens is 440 g/mol. The van der Waals surface area contributed by atoms with Crippen LogP contribution >= 0.6 is 11.6 Å². The van der Waals surface area contributed by atoms with E-state index in [1.165, 1.54) is 0 Å². The number of hydrogen-bond donors (Lipinski definition) is 2. The molecular formula is C24H19ClN6O2. The quantitative estimate of drug-likeness (QED) is 0.257. The molecule has 3 aromatic carbocycles. The fourth-order valence-corrected chi connectivity index (χ4v) is 3.48. The smallest absolute Gasteiger partial charge is 0.265 e. The zero-order chi connectivity index (χ0) is 22.6. The van der Waals surface area contributed by atoms with E-state index in [4.69, 9.17) is 21.1 Å². The van der Waals surface area contributed by atoms with Gasteiger partial charge in [0.1, 0.15) is 12.1 Å². The van der Waals surface area contributed by atoms with Crippen molar-refractivity contribution in [2.24, 2.45) is 5.10 Å². The Labute approximate surface area is 194 Å². The number of aromatic nitrogens is 4. The van der Waals surface area contributed by atoms with Crippen molar-refractivity contribution in [1.29, 1.82) is 0 Å². The maximum atomic E-state index is 5.93. The Morgan fingerprint density at radius 2 is 1.88 bits per heavy atom. The minimum Gasteiger partial charge on any atom is -0.493 e. The number of hydrogen-bond acceptors (Lipinski definition) is 7. The SMILES string of the molecule is COc1cc(/C=N/Nc2nnc3c(n2)[nH]c2ccccc23)ccc1OCc1ccc(Cl)cc1. The topological polar surface area (TPSA) is 97.3 Å². The molecule has 8 nitrogen and oxygen atoms in total. The third-order valence-electron chi connectivity index (χ3n) is 5.00. The van der Waals surface area contributed by atoms with Gasteiger partial charge in [-0.2, -0.15) is 10.1 Å². The van der Waals surface area contributed by atoms with Gasteiger partial charge in [0.2, 0.25) is 0 Å². The van der Waals surface area contributed by atoms with Crippen molar-refractivity contribution in [3.05, 3.63) is 82.9 Å². The van der Waals surface area contributed by atoms with E-state index in [-0.39, 0.29) is 0 Å². The minimum atomic E-state index is 0.292. The molecule has 164 valence electrons. The third-order valence-corrected chi connectivity index (χ3v) is 5.25. The zero-order valence-electron chi connectivity index (χ0n) is 17.6. The Hall–Kier alpha value is -4.17. The lowest BCUT2D eigenvalue weighted by Crippen LogP contribution is -2.00. The van der Waals surface area contributed by atoms with Gasteiger partial charge in [-0.25, -0.2) is 5.43 Å². The summed E-state index contributed by atoms with van der Waals surface area (Å²) in [6.07, 6.45) is 1.64. The first-order valence-electron chi connectivity index (χ1n) is 10.1. The van der Waals surface area contributed by atoms with Gasteiger partial charge in [0.25, 0.3) is 5.95 Å². The molecule has 0 amide bonds. The van der Waals surface area contributed by atoms with Crippen LogP contribution in [-0.2, 0) is 6.61 Å². The highest BCUT2D eigenvalue weighted by Crippen LogP contribution is 2.28. The summed E-state index contributed by atoms with van der Waals surface area (Å²) in [6, 6.07) is 20.9. The van der Waals surface area contributed by atoms with Crippen LogP contribution in [0.1, 0.15) is 11.1 Å². The second-order valence-electron chi connectivity index (χ2n) is 7.20. The maximum absolute atomic E-state index is 5.93. The molecule has 0 aliphatic carbocycles. The van der Waals surface area contributed by atoms with E-state index < -0.39 is 0 Å². The highest BCUT2D eigenvalue weighted by Gasteiger charge is 2.08. The summed E-state index contributed by atoms with van der Waals surface area (Å²) in [4.78, 5) is 7.67. The molecule has 0 aliphatic heterocycles. The molecule has 33 heavy (non-hydrogen) atoms. The van der Waals surface area contributed by atoms with Crippen molar-refractivity contribution in [2.45, 2.75) is 6.61 Å². The van der Waals surface area contributed by atoms with Crippen LogP contribution in [0.4, 0.5) is 5.95 Å². The Kier molecular flexibility index (Phi) is 5.73. The maximum Gasteiger partial charge on any atom is 0.265 e. The first-order valence-corrected chi connectivity index (χ1v) is 10.5. The van der Waals surface area contributed by atoms with Crippen molar-refractivity contribution in [2.75, 3.05) is 12.5 Å². The van der Waals surface area contributed by atoms with Crippen LogP contribution in [0.2, 0.25) is 5.02 Å². The Morgan fingerprint density at radius 3 is 2.73 bits per heavy atom. The van der Waals surface area contributed by atoms with Gasteiger partial charge in [-0.05, 0) is 47.5 Å². The van der Waals surface area contributed by atoms with Gasteiger partial charge in [-0.1, -0.05) is 41.9 Å². The molecule has 0 fully saturated rings. The summed E-state index contributed by atoms with van der Waals surface area (Å²) in [6.45, 7) is 0.406. The number of hydrazone groups is 1. The lowest BCUT2D eigenvalue weighted by molar-refractivity contribution is 0.284. The van der Waals surface area contributed by atoms with E-state index in [1.54, 1.807) is 13.3 Å². The number of anilines is 1. The van der Waals surface area contributed by atoms with Crippen LogP contribution in [0.5, 0.6) is 11.5 Å². The van der Waals surface area contributed by atoms with Gasteiger partial charge < -0.3 is 14.5 Å². The standard InChI is InChI=1S/C24H19ClN6O2/c1-32-21-12-16(8-11-20(21)33-14-15-6-9-17(25)10-7-15)13-26-30-24-28-23-22(29-31-24)18-4-2-3-5-19(18)27-23/h2-13H,14H2,1H3,(H2,27,28,30,31)/b26-13+. The number of halogens is 1. The molecule has 2 heterocycles. The Morgan fingerprint density at radius 1 is 1.03 bits per heavy atom. The molecule has 5 aromatic rings. The predicted molar refractivity (Wildman–Crippen MR) is 129 cm³/mol. The zero-order valence-corrected chi connectivity index (χ0v) is 18.4. The van der Waals surface area contributed by atoms with Crippen LogP contribution in [-0.4, -0.2) is 33.5 Å². The van der Waals surface area contributed by atoms with Crippen LogP contribution in [0.3, 0.4) is 0 Å². The molecule has 0 saturated heterocycles. The van der Waals surface area contributed by atoms with E-state index in [0.717, 1.165) is 27.5 Å². The van der Waals surface area contributed by atoms with Crippen LogP contribution < -0.4 is 14.9 Å². The number of nitrogens with one attached hydrogen (secondary N) is 2. The number of nitrogens with zero attached hydrogens (tertiary/aromatic N) is 4. The molecule has 2 N–H and O–H groups in total. The average Bonchev–Trinajstić information content (AvgIpc) is 3.22. The number of aromatic amines is 1. The molecule has 0 bridgehead atoms. The van der Waals surface area contributed by atoms with Crippen molar-refractivity contribution >= 4 is 45.8 Å². The lowest BCUT2D eigenvalue weighted by Gasteiger charge is -2.11. The Bertz CT molecular complexity index is 1450. The molecule has 0 aliphatic rings. The van der Waals surface area contributed by atoms with Crippen molar-refractivity contribution in [3.63, 3.8) is 0 Å². The van der Waals surface area contributed by atoms with Crippen LogP contribution in [0, 0.1) is 0 Å². The highest BCUT2D eigenvalue weighted by molar-refractivity contribution is 6.30. The van der Waals surface area contributed by atoms with Crippen molar-refractivity contribution < 1.29 is 9.47 Å². The molecule has 9 heteroatoms. The molecule has 5 rings (SSSR count). The normalized spacial score (nSPS) is 11.3. The van der Waals surface area contributed by atoms with Gasteiger partial charge in [-0.3, -0.25) is 0 Å². The summed E-state index contributed by atoms with van der Waals surface area (Å²) in [7, 11) is 1.60. The number of H-pyrrole nitrogens is 1. The summed E-state index contributed by atoms with van der Waals surface area (Å²) in [5.41, 5.74) is 6.97. The molecule has 0 radical (unpaired) electrons. The summed E-state index contributed by atoms with van der Waals surface area (Å²) >= 11 is 5.93. The summed E-state index contributed by atoms with van der Waals surface area (Å²) < 4.78 is 11.4. The van der Waals surface area contributed by atoms with Gasteiger partial charge >= 0.3 is 0 Å². The highest BCUT2D eigenvalue weighted by atomic mass is 35.5. The molecule has 0 saturated carbocycles. The number of methoxy groups -OCH3 is 1. The number of rotatable bonds is 7. The number of benzene rings is 3. The average molecular weight is 459 g/mol. The largest absolute Gasteiger partial charge is 0.493 e. The lowest BCUT2D eigenvalue weighted by atomic mass is 10.2. The van der Waals surface area contributed by atoms with Gasteiger partial charge in [0, 0.05) is 15.9 Å². The second-order valence-corrected chi connectivity index (χ2v) is 7.64. The molecule has 0 unspecified atom stereocenters. The van der Waals surface area contributed by atoms with E-state index in [2.05, 4.69) is 30.7 Å². The first-order chi connectivity index (χ1) is 16.2. The van der Waals surface area contributed by atoms with E-state index >= 15 is 0 Å². The van der Waals surface area contributed by atoms with Crippen LogP contribution in [0.15, 0.2) is 71.8 Å². The molecule has 0 spiro atoms. The fraction of sp³-hybridized carbons (Fsp3) is 0.0833. The predicted octanol–water partition coefficient (Wildman–Crippen LogP) is 5.19. The van der Waals surface area contributed by atoms with Crippen LogP contribution in [0.25, 0.3) is 22.1 Å². The summed E-state index contributed by atoms with van der Waals surface area (Å²) in [5, 5.41) is 14.3. The monoisotopic (exact) mass is 458 g/mol. The van der Waals surface area contributed by atoms with Gasteiger partial charge in [0.05, 0.1) is 13.3 Å². The number of fused-ring (bicyclic) bond motifs is 3. The number of ether oxygens (including phenoxy) is 2. The third kappa shape index (κ3) is 4.56. The van der Waals surface area contributed by atoms with Crippen molar-refractivity contribution in [1.82, 2.24) is 20.2 Å². The van der Waals surface area contributed by atoms with E-state index in [9.17, 15) is 0 Å². The summed E-state index contributed by atoms with van der Waals surface area (Å²) in [5.74, 6) is 1.53. The van der Waals surface area contributed by atoms with E-state index in [0.29, 0.717) is 34.7 Å². The van der Waals surface area contributed by atoms with Gasteiger partial charge in [0.15, 0.2) is 17.1 Å². The Balaban J connectivity index is 1.27. The fourth-order valence-electron chi connectivity index (χ4n) is 3.36. The first kappa shape index (κ1) is 20.7. The molecule has 0 atom stereocenters. The van der Waals surface area contributed by atoms with Gasteiger partial charge in [-0.15, -0.1) is 10.2 Å². The molecule has 2 aromatic heterocycles.